The van der Waals surface area contributed by atoms with E-state index < -0.39 is 0 Å². The SMILES string of the molecule is C#CC.C/C=C\C=C(C)C.C=C.C=CC.C=Cc1[nH]c2ccc(-c3ccc4[nH]/c(=C/C=C\C)c(=C)c4c3)cc2c1/C=C\C.CC.CC.CC.CC.CC. The Bertz CT molecular complexity index is 1720. The van der Waals surface area contributed by atoms with Gasteiger partial charge in [0.1, 0.15) is 0 Å². The van der Waals surface area contributed by atoms with E-state index in [1.807, 2.05) is 127 Å². The van der Waals surface area contributed by atoms with Gasteiger partial charge in [0.05, 0.1) is 0 Å². The third kappa shape index (κ3) is 24.8. The van der Waals surface area contributed by atoms with Crippen molar-refractivity contribution < 1.29 is 0 Å². The molecule has 0 aliphatic heterocycles. The normalized spacial score (nSPS) is 9.09. The van der Waals surface area contributed by atoms with Gasteiger partial charge >= 0.3 is 0 Å². The number of fused-ring (bicyclic) bond motifs is 2. The monoisotopic (exact) mass is 721 g/mol. The van der Waals surface area contributed by atoms with Gasteiger partial charge in [0, 0.05) is 43.6 Å². The van der Waals surface area contributed by atoms with Crippen molar-refractivity contribution in [1.29, 1.82) is 0 Å². The summed E-state index contributed by atoms with van der Waals surface area (Å²) in [4.78, 5) is 6.89. The third-order valence-electron chi connectivity index (χ3n) is 5.76. The molecule has 2 nitrogen and oxygen atoms in total. The van der Waals surface area contributed by atoms with E-state index in [0.29, 0.717) is 0 Å². The zero-order chi connectivity index (χ0) is 42.8. The van der Waals surface area contributed by atoms with Crippen molar-refractivity contribution in [3.05, 3.63) is 133 Å². The molecule has 4 rings (SSSR count). The van der Waals surface area contributed by atoms with E-state index >= 15 is 0 Å². The molecule has 0 amide bonds. The lowest BCUT2D eigenvalue weighted by Gasteiger charge is -2.03. The van der Waals surface area contributed by atoms with Crippen LogP contribution in [-0.2, 0) is 0 Å². The Hall–Kier alpha value is -5.00. The van der Waals surface area contributed by atoms with E-state index in [-0.39, 0.29) is 0 Å². The van der Waals surface area contributed by atoms with Crippen LogP contribution in [0.15, 0.2) is 111 Å². The first-order valence-electron chi connectivity index (χ1n) is 19.3. The molecule has 2 N–H and O–H groups in total. The number of H-pyrrole nitrogens is 2. The number of aromatic amines is 2. The van der Waals surface area contributed by atoms with Crippen LogP contribution in [-0.4, -0.2) is 9.97 Å². The maximum absolute atomic E-state index is 4.60. The van der Waals surface area contributed by atoms with Crippen LogP contribution in [0.2, 0.25) is 0 Å². The molecule has 0 spiro atoms. The summed E-state index contributed by atoms with van der Waals surface area (Å²) < 4.78 is 0. The van der Waals surface area contributed by atoms with Crippen LogP contribution in [0.25, 0.3) is 57.7 Å². The number of rotatable bonds is 5. The maximum Gasteiger partial charge on any atom is 0.0465 e. The Morgan fingerprint density at radius 3 is 1.45 bits per heavy atom. The van der Waals surface area contributed by atoms with Crippen molar-refractivity contribution in [2.45, 2.75) is 118 Å². The van der Waals surface area contributed by atoms with Crippen molar-refractivity contribution in [3.63, 3.8) is 0 Å². The molecule has 0 radical (unpaired) electrons. The summed E-state index contributed by atoms with van der Waals surface area (Å²) >= 11 is 0. The number of allylic oxidation sites excluding steroid dienone is 8. The van der Waals surface area contributed by atoms with Gasteiger partial charge in [-0.15, -0.1) is 32.1 Å². The van der Waals surface area contributed by atoms with E-state index in [4.69, 9.17) is 0 Å². The molecule has 2 aromatic heterocycles. The van der Waals surface area contributed by atoms with E-state index in [9.17, 15) is 0 Å². The summed E-state index contributed by atoms with van der Waals surface area (Å²) in [5.74, 6) is 2.25. The predicted molar refractivity (Wildman–Crippen MR) is 257 cm³/mol. The number of terminal acetylenes is 1. The molecule has 53 heavy (non-hydrogen) atoms. The average molecular weight is 721 g/mol. The third-order valence-corrected chi connectivity index (χ3v) is 5.76. The quantitative estimate of drug-likeness (QED) is 0.117. The summed E-state index contributed by atoms with van der Waals surface area (Å²) in [5.41, 5.74) is 8.18. The van der Waals surface area contributed by atoms with E-state index in [1.165, 1.54) is 27.6 Å². The molecule has 2 aromatic carbocycles. The lowest BCUT2D eigenvalue weighted by molar-refractivity contribution is 1.36. The Morgan fingerprint density at radius 2 is 1.09 bits per heavy atom. The number of hydrogen-bond acceptors (Lipinski definition) is 0. The van der Waals surface area contributed by atoms with Crippen LogP contribution in [0, 0.1) is 12.3 Å². The molecule has 0 saturated heterocycles. The second-order valence-electron chi connectivity index (χ2n) is 9.35. The zero-order valence-corrected chi connectivity index (χ0v) is 37.4. The first kappa shape index (κ1) is 60.1. The van der Waals surface area contributed by atoms with Crippen LogP contribution in [0.3, 0.4) is 0 Å². The fourth-order valence-corrected chi connectivity index (χ4v) is 3.99. The van der Waals surface area contributed by atoms with Crippen LogP contribution >= 0.6 is 0 Å². The zero-order valence-electron chi connectivity index (χ0n) is 37.4. The predicted octanol–water partition coefficient (Wildman–Crippen LogP) is 16.1. The molecule has 0 saturated carbocycles. The molecule has 0 aliphatic rings. The van der Waals surface area contributed by atoms with Gasteiger partial charge in [-0.1, -0.05) is 149 Å². The fraction of sp³-hybridized carbons (Fsp3) is 0.333. The molecular formula is C51H80N2. The molecule has 4 aromatic rings. The minimum atomic E-state index is 1.03. The van der Waals surface area contributed by atoms with Gasteiger partial charge < -0.3 is 9.97 Å². The topological polar surface area (TPSA) is 31.6 Å². The highest BCUT2D eigenvalue weighted by molar-refractivity contribution is 5.96. The average Bonchev–Trinajstić information content (AvgIpc) is 3.73. The number of benzene rings is 2. The van der Waals surface area contributed by atoms with Crippen LogP contribution < -0.4 is 10.6 Å². The minimum absolute atomic E-state index is 1.03. The van der Waals surface area contributed by atoms with Crippen molar-refractivity contribution in [1.82, 2.24) is 9.97 Å². The second kappa shape index (κ2) is 45.0. The second-order valence-corrected chi connectivity index (χ2v) is 9.35. The van der Waals surface area contributed by atoms with Gasteiger partial charge in [-0.3, -0.25) is 0 Å². The summed E-state index contributed by atoms with van der Waals surface area (Å²) in [7, 11) is 0. The van der Waals surface area contributed by atoms with Crippen LogP contribution in [0.1, 0.15) is 129 Å². The van der Waals surface area contributed by atoms with E-state index in [2.05, 4.69) is 130 Å². The van der Waals surface area contributed by atoms with Gasteiger partial charge in [0.15, 0.2) is 0 Å². The first-order chi connectivity index (χ1) is 25.8. The van der Waals surface area contributed by atoms with Gasteiger partial charge in [-0.25, -0.2) is 0 Å². The summed E-state index contributed by atoms with van der Waals surface area (Å²) in [6.07, 6.45) is 24.7. The smallest absolute Gasteiger partial charge is 0.0465 e. The van der Waals surface area contributed by atoms with Gasteiger partial charge in [0.25, 0.3) is 0 Å². The molecular weight excluding hydrogens is 641 g/mol. The maximum atomic E-state index is 4.60. The van der Waals surface area contributed by atoms with Crippen molar-refractivity contribution in [2.24, 2.45) is 0 Å². The standard InChI is InChI=1S/C26H24N2.C7H12.C3H6.C3H4.5C2H6.C2H4/c1-5-8-10-24-17(4)21-15-18(11-13-25(21)28-24)19-12-14-26-22(16-19)20(9-6-2)23(7-3)27-26;1-4-5-6-7(2)3;2*1-3-2;6*1-2/h5-16,27-28H,3-4H2,1-2H3;4-6H,1-3H3;3H,1H2,2H3;1H,2H3;5*1-2H3;1-2H2/b8-5-,9-6-,24-10+;5-4-;;;;;;;;. The highest BCUT2D eigenvalue weighted by atomic mass is 14.7. The van der Waals surface area contributed by atoms with Gasteiger partial charge in [-0.2, -0.15) is 0 Å². The molecule has 0 aliphatic carbocycles. The van der Waals surface area contributed by atoms with Crippen LogP contribution in [0.4, 0.5) is 0 Å². The van der Waals surface area contributed by atoms with Crippen molar-refractivity contribution in [2.75, 3.05) is 0 Å². The minimum Gasteiger partial charge on any atom is -0.355 e. The molecule has 2 heterocycles. The largest absolute Gasteiger partial charge is 0.355 e. The lowest BCUT2D eigenvalue weighted by atomic mass is 10.0. The molecule has 2 heteroatoms. The number of hydrogen-bond donors (Lipinski definition) is 2. The van der Waals surface area contributed by atoms with Crippen molar-refractivity contribution in [3.8, 4) is 23.5 Å². The number of aromatic nitrogens is 2. The van der Waals surface area contributed by atoms with Gasteiger partial charge in [0.2, 0.25) is 0 Å². The summed E-state index contributed by atoms with van der Waals surface area (Å²) in [5, 5.41) is 4.44. The van der Waals surface area contributed by atoms with Crippen LogP contribution in [0.5, 0.6) is 0 Å². The number of nitrogens with one attached hydrogen (secondary N) is 2. The Morgan fingerprint density at radius 1 is 0.679 bits per heavy atom. The Labute approximate surface area is 329 Å². The molecule has 0 unspecified atom stereocenters. The highest BCUT2D eigenvalue weighted by Gasteiger charge is 2.09. The summed E-state index contributed by atoms with van der Waals surface area (Å²) in [6.45, 7) is 51.3. The molecule has 0 atom stereocenters. The Kier molecular flexibility index (Phi) is 51.1. The van der Waals surface area contributed by atoms with E-state index in [0.717, 1.165) is 32.7 Å². The molecule has 0 bridgehead atoms. The Balaban J connectivity index is -0.000000184. The lowest BCUT2D eigenvalue weighted by Crippen LogP contribution is -2.20. The van der Waals surface area contributed by atoms with E-state index in [1.54, 1.807) is 13.0 Å². The van der Waals surface area contributed by atoms with Gasteiger partial charge in [-0.05, 0) is 96.0 Å². The first-order valence-corrected chi connectivity index (χ1v) is 19.3. The highest BCUT2D eigenvalue weighted by Crippen LogP contribution is 2.30. The fourth-order valence-electron chi connectivity index (χ4n) is 3.99. The summed E-state index contributed by atoms with van der Waals surface area (Å²) in [6, 6.07) is 13.1. The van der Waals surface area contributed by atoms with Crippen molar-refractivity contribution >= 4 is 46.6 Å². The molecule has 0 fully saturated rings. The molecule has 294 valence electrons.